The molecule has 3 rings (SSSR count). The fourth-order valence-corrected chi connectivity index (χ4v) is 2.94. The van der Waals surface area contributed by atoms with Gasteiger partial charge < -0.3 is 16.2 Å². The van der Waals surface area contributed by atoms with E-state index in [2.05, 4.69) is 15.3 Å². The molecule has 4 N–H and O–H groups in total. The molecular formula is C15H24N4O. The van der Waals surface area contributed by atoms with Crippen molar-refractivity contribution in [3.8, 4) is 0 Å². The van der Waals surface area contributed by atoms with Crippen LogP contribution in [0.4, 0.5) is 11.6 Å². The van der Waals surface area contributed by atoms with Gasteiger partial charge in [-0.2, -0.15) is 0 Å². The van der Waals surface area contributed by atoms with E-state index >= 15 is 0 Å². The first-order chi connectivity index (χ1) is 9.63. The van der Waals surface area contributed by atoms with Crippen LogP contribution in [0.15, 0.2) is 0 Å². The van der Waals surface area contributed by atoms with Crippen molar-refractivity contribution >= 4 is 11.6 Å². The Labute approximate surface area is 120 Å². The highest BCUT2D eigenvalue weighted by Gasteiger charge is 2.28. The molecule has 0 radical (unpaired) electrons. The quantitative estimate of drug-likeness (QED) is 0.785. The molecule has 0 amide bonds. The Balaban J connectivity index is 1.66. The van der Waals surface area contributed by atoms with Gasteiger partial charge in [-0.25, -0.2) is 9.97 Å². The van der Waals surface area contributed by atoms with Gasteiger partial charge in [0.05, 0.1) is 6.10 Å². The fraction of sp³-hybridized carbons (Fsp3) is 0.733. The standard InChI is InChI=1S/C15H24N4O/c1-9-13(16)18-15(11-5-6-11)19-14(9)17-8-10-3-2-4-12(20)7-10/h10-12,20H,2-8H2,1H3,(H3,16,17,18,19). The predicted molar refractivity (Wildman–Crippen MR) is 79.6 cm³/mol. The summed E-state index contributed by atoms with van der Waals surface area (Å²) >= 11 is 0. The third kappa shape index (κ3) is 3.03. The molecule has 0 spiro atoms. The zero-order valence-electron chi connectivity index (χ0n) is 12.1. The van der Waals surface area contributed by atoms with E-state index in [0.717, 1.165) is 43.0 Å². The van der Waals surface area contributed by atoms with Gasteiger partial charge in [-0.3, -0.25) is 0 Å². The van der Waals surface area contributed by atoms with Crippen LogP contribution < -0.4 is 11.1 Å². The molecule has 0 saturated heterocycles. The van der Waals surface area contributed by atoms with E-state index in [9.17, 15) is 5.11 Å². The Morgan fingerprint density at radius 3 is 2.75 bits per heavy atom. The van der Waals surface area contributed by atoms with Gasteiger partial charge in [0, 0.05) is 18.0 Å². The number of nitrogens with one attached hydrogen (secondary N) is 1. The molecule has 5 heteroatoms. The van der Waals surface area contributed by atoms with Crippen molar-refractivity contribution in [2.24, 2.45) is 5.92 Å². The van der Waals surface area contributed by atoms with Crippen molar-refractivity contribution in [1.29, 1.82) is 0 Å². The van der Waals surface area contributed by atoms with Crippen molar-refractivity contribution < 1.29 is 5.11 Å². The highest BCUT2D eigenvalue weighted by molar-refractivity contribution is 5.55. The summed E-state index contributed by atoms with van der Waals surface area (Å²) in [5, 5.41) is 13.2. The summed E-state index contributed by atoms with van der Waals surface area (Å²) in [7, 11) is 0. The van der Waals surface area contributed by atoms with Crippen LogP contribution in [0.1, 0.15) is 55.8 Å². The van der Waals surface area contributed by atoms with Gasteiger partial charge in [-0.15, -0.1) is 0 Å². The summed E-state index contributed by atoms with van der Waals surface area (Å²) in [6, 6.07) is 0. The second-order valence-corrected chi connectivity index (χ2v) is 6.28. The Bertz CT molecular complexity index is 487. The molecule has 2 aliphatic carbocycles. The zero-order chi connectivity index (χ0) is 14.1. The Morgan fingerprint density at radius 2 is 2.05 bits per heavy atom. The number of nitrogens with zero attached hydrogens (tertiary/aromatic N) is 2. The SMILES string of the molecule is Cc1c(N)nc(C2CC2)nc1NCC1CCCC(O)C1. The third-order valence-electron chi connectivity index (χ3n) is 4.46. The minimum atomic E-state index is -0.130. The van der Waals surface area contributed by atoms with Crippen LogP contribution in [0.5, 0.6) is 0 Å². The topological polar surface area (TPSA) is 84.1 Å². The van der Waals surface area contributed by atoms with Gasteiger partial charge in [0.1, 0.15) is 17.5 Å². The van der Waals surface area contributed by atoms with Crippen LogP contribution in [0, 0.1) is 12.8 Å². The van der Waals surface area contributed by atoms with Crippen LogP contribution in [0.2, 0.25) is 0 Å². The molecule has 1 heterocycles. The molecule has 110 valence electrons. The lowest BCUT2D eigenvalue weighted by Gasteiger charge is -2.26. The van der Waals surface area contributed by atoms with E-state index in [-0.39, 0.29) is 6.10 Å². The van der Waals surface area contributed by atoms with Crippen molar-refractivity contribution in [3.05, 3.63) is 11.4 Å². The molecule has 2 atom stereocenters. The van der Waals surface area contributed by atoms with Crippen LogP contribution in [0.3, 0.4) is 0 Å². The molecule has 0 aromatic carbocycles. The molecule has 5 nitrogen and oxygen atoms in total. The summed E-state index contributed by atoms with van der Waals surface area (Å²) < 4.78 is 0. The third-order valence-corrected chi connectivity index (χ3v) is 4.46. The maximum atomic E-state index is 9.73. The van der Waals surface area contributed by atoms with Crippen molar-refractivity contribution in [3.63, 3.8) is 0 Å². The monoisotopic (exact) mass is 276 g/mol. The second-order valence-electron chi connectivity index (χ2n) is 6.28. The lowest BCUT2D eigenvalue weighted by atomic mass is 9.87. The van der Waals surface area contributed by atoms with Gasteiger partial charge in [0.2, 0.25) is 0 Å². The normalized spacial score (nSPS) is 26.5. The Morgan fingerprint density at radius 1 is 1.25 bits per heavy atom. The van der Waals surface area contributed by atoms with Crippen molar-refractivity contribution in [2.75, 3.05) is 17.6 Å². The average Bonchev–Trinajstić information content (AvgIpc) is 3.25. The maximum Gasteiger partial charge on any atom is 0.136 e. The van der Waals surface area contributed by atoms with Gasteiger partial charge in [0.25, 0.3) is 0 Å². The predicted octanol–water partition coefficient (Wildman–Crippen LogP) is 2.21. The van der Waals surface area contributed by atoms with E-state index in [1.54, 1.807) is 0 Å². The van der Waals surface area contributed by atoms with Gasteiger partial charge >= 0.3 is 0 Å². The Kier molecular flexibility index (Phi) is 3.78. The Hall–Kier alpha value is -1.36. The van der Waals surface area contributed by atoms with E-state index in [1.807, 2.05) is 6.92 Å². The second kappa shape index (κ2) is 5.56. The van der Waals surface area contributed by atoms with E-state index in [0.29, 0.717) is 17.7 Å². The maximum absolute atomic E-state index is 9.73. The minimum Gasteiger partial charge on any atom is -0.393 e. The molecule has 20 heavy (non-hydrogen) atoms. The van der Waals surface area contributed by atoms with Gasteiger partial charge in [0.15, 0.2) is 0 Å². The highest BCUT2D eigenvalue weighted by Crippen LogP contribution is 2.39. The molecule has 1 aromatic rings. The van der Waals surface area contributed by atoms with Crippen LogP contribution in [-0.2, 0) is 0 Å². The number of nitrogen functional groups attached to an aromatic ring is 1. The van der Waals surface area contributed by atoms with Crippen molar-refractivity contribution in [1.82, 2.24) is 9.97 Å². The first-order valence-corrected chi connectivity index (χ1v) is 7.69. The molecular weight excluding hydrogens is 252 g/mol. The largest absolute Gasteiger partial charge is 0.393 e. The number of aromatic nitrogens is 2. The molecule has 2 aliphatic rings. The molecule has 2 fully saturated rings. The number of anilines is 2. The van der Waals surface area contributed by atoms with Crippen LogP contribution in [-0.4, -0.2) is 27.7 Å². The summed E-state index contributed by atoms with van der Waals surface area (Å²) in [4.78, 5) is 9.02. The number of aliphatic hydroxyl groups is 1. The lowest BCUT2D eigenvalue weighted by Crippen LogP contribution is -2.25. The van der Waals surface area contributed by atoms with Crippen molar-refractivity contribution in [2.45, 2.75) is 57.5 Å². The summed E-state index contributed by atoms with van der Waals surface area (Å²) in [5.41, 5.74) is 6.92. The number of aliphatic hydroxyl groups excluding tert-OH is 1. The summed E-state index contributed by atoms with van der Waals surface area (Å²) in [6.07, 6.45) is 6.36. The lowest BCUT2D eigenvalue weighted by molar-refractivity contribution is 0.104. The minimum absolute atomic E-state index is 0.130. The molecule has 2 unspecified atom stereocenters. The van der Waals surface area contributed by atoms with Crippen LogP contribution >= 0.6 is 0 Å². The number of rotatable bonds is 4. The van der Waals surface area contributed by atoms with Gasteiger partial charge in [-0.1, -0.05) is 6.42 Å². The number of hydrogen-bond acceptors (Lipinski definition) is 5. The zero-order valence-corrected chi connectivity index (χ0v) is 12.1. The first-order valence-electron chi connectivity index (χ1n) is 7.69. The first kappa shape index (κ1) is 13.6. The number of nitrogens with two attached hydrogens (primary N) is 1. The van der Waals surface area contributed by atoms with E-state index in [4.69, 9.17) is 5.73 Å². The molecule has 2 saturated carbocycles. The highest BCUT2D eigenvalue weighted by atomic mass is 16.3. The van der Waals surface area contributed by atoms with E-state index < -0.39 is 0 Å². The smallest absolute Gasteiger partial charge is 0.136 e. The fourth-order valence-electron chi connectivity index (χ4n) is 2.94. The molecule has 0 bridgehead atoms. The summed E-state index contributed by atoms with van der Waals surface area (Å²) in [5.74, 6) is 3.39. The van der Waals surface area contributed by atoms with Gasteiger partial charge in [-0.05, 0) is 44.9 Å². The molecule has 1 aromatic heterocycles. The van der Waals surface area contributed by atoms with E-state index in [1.165, 1.54) is 19.3 Å². The number of hydrogen-bond donors (Lipinski definition) is 3. The van der Waals surface area contributed by atoms with Crippen LogP contribution in [0.25, 0.3) is 0 Å². The average molecular weight is 276 g/mol. The molecule has 0 aliphatic heterocycles. The summed E-state index contributed by atoms with van der Waals surface area (Å²) in [6.45, 7) is 2.82.